The molecule has 0 saturated carbocycles. The van der Waals surface area contributed by atoms with Crippen LogP contribution in [0.2, 0.25) is 10.0 Å². The molecular weight excluding hydrogens is 472 g/mol. The van der Waals surface area contributed by atoms with Crippen LogP contribution < -0.4 is 10.6 Å². The Morgan fingerprint density at radius 1 is 1.12 bits per heavy atom. The van der Waals surface area contributed by atoms with E-state index in [4.69, 9.17) is 23.2 Å². The second kappa shape index (κ2) is 11.6. The van der Waals surface area contributed by atoms with Gasteiger partial charge in [-0.3, -0.25) is 4.99 Å². The molecule has 1 atom stereocenters. The van der Waals surface area contributed by atoms with Gasteiger partial charge >= 0.3 is 0 Å². The second-order valence-electron chi connectivity index (χ2n) is 5.33. The average Bonchev–Trinajstić information content (AvgIpc) is 2.60. The van der Waals surface area contributed by atoms with E-state index in [9.17, 15) is 5.11 Å². The number of aliphatic imine (C=N–C) groups is 1. The normalized spacial score (nSPS) is 12.2. The summed E-state index contributed by atoms with van der Waals surface area (Å²) in [7, 11) is 1.70. The van der Waals surface area contributed by atoms with Crippen molar-refractivity contribution in [1.29, 1.82) is 0 Å². The molecular formula is C18H22Cl2IN3O. The van der Waals surface area contributed by atoms with Crippen molar-refractivity contribution < 1.29 is 5.11 Å². The molecule has 2 rings (SSSR count). The number of nitrogens with one attached hydrogen (secondary N) is 2. The van der Waals surface area contributed by atoms with E-state index >= 15 is 0 Å². The number of nitrogens with zero attached hydrogens (tertiary/aromatic N) is 1. The lowest BCUT2D eigenvalue weighted by atomic mass is 10.0. The van der Waals surface area contributed by atoms with Crippen LogP contribution >= 0.6 is 47.2 Å². The Bertz CT molecular complexity index is 683. The molecule has 2 aromatic carbocycles. The van der Waals surface area contributed by atoms with E-state index in [0.29, 0.717) is 29.1 Å². The van der Waals surface area contributed by atoms with Crippen LogP contribution in [0, 0.1) is 0 Å². The molecule has 3 N–H and O–H groups in total. The van der Waals surface area contributed by atoms with Gasteiger partial charge in [-0.15, -0.1) is 24.0 Å². The highest BCUT2D eigenvalue weighted by molar-refractivity contribution is 14.0. The van der Waals surface area contributed by atoms with Crippen LogP contribution in [0.1, 0.15) is 17.0 Å². The fourth-order valence-electron chi connectivity index (χ4n) is 2.30. The molecule has 0 heterocycles. The highest BCUT2D eigenvalue weighted by Gasteiger charge is 2.11. The molecule has 0 aliphatic rings. The molecule has 2 aromatic rings. The standard InChI is InChI=1S/C18H21Cl2N3O.HI/c1-21-18(22-10-14-7-8-16(19)9-17(14)20)23-11-15(12-24)13-5-3-2-4-6-13;/h2-9,15,24H,10-12H2,1H3,(H2,21,22,23);1H. The van der Waals surface area contributed by atoms with E-state index in [0.717, 1.165) is 11.1 Å². The highest BCUT2D eigenvalue weighted by Crippen LogP contribution is 2.20. The molecule has 7 heteroatoms. The van der Waals surface area contributed by atoms with Gasteiger partial charge in [0.05, 0.1) is 6.61 Å². The predicted octanol–water partition coefficient (Wildman–Crippen LogP) is 4.05. The molecule has 0 spiro atoms. The predicted molar refractivity (Wildman–Crippen MR) is 116 cm³/mol. The van der Waals surface area contributed by atoms with E-state index in [-0.39, 0.29) is 36.5 Å². The maximum Gasteiger partial charge on any atom is 0.191 e. The maximum atomic E-state index is 9.61. The average molecular weight is 494 g/mol. The van der Waals surface area contributed by atoms with Crippen molar-refractivity contribution in [1.82, 2.24) is 10.6 Å². The van der Waals surface area contributed by atoms with Crippen molar-refractivity contribution in [2.24, 2.45) is 4.99 Å². The van der Waals surface area contributed by atoms with Crippen molar-refractivity contribution in [3.63, 3.8) is 0 Å². The first-order chi connectivity index (χ1) is 11.6. The van der Waals surface area contributed by atoms with Gasteiger partial charge in [0.15, 0.2) is 5.96 Å². The number of guanidine groups is 1. The molecule has 0 fully saturated rings. The monoisotopic (exact) mass is 493 g/mol. The molecule has 0 bridgehead atoms. The molecule has 0 aliphatic heterocycles. The Kier molecular flexibility index (Phi) is 10.2. The second-order valence-corrected chi connectivity index (χ2v) is 6.18. The van der Waals surface area contributed by atoms with Gasteiger partial charge < -0.3 is 15.7 Å². The summed E-state index contributed by atoms with van der Waals surface area (Å²) in [6.07, 6.45) is 0. The first kappa shape index (κ1) is 22.0. The zero-order valence-electron chi connectivity index (χ0n) is 13.9. The first-order valence-electron chi connectivity index (χ1n) is 7.68. The van der Waals surface area contributed by atoms with Crippen molar-refractivity contribution in [2.75, 3.05) is 20.2 Å². The lowest BCUT2D eigenvalue weighted by Gasteiger charge is -2.18. The fourth-order valence-corrected chi connectivity index (χ4v) is 2.77. The highest BCUT2D eigenvalue weighted by atomic mass is 127. The molecule has 25 heavy (non-hydrogen) atoms. The smallest absolute Gasteiger partial charge is 0.191 e. The Morgan fingerprint density at radius 2 is 1.84 bits per heavy atom. The lowest BCUT2D eigenvalue weighted by molar-refractivity contribution is 0.265. The lowest BCUT2D eigenvalue weighted by Crippen LogP contribution is -2.39. The number of aliphatic hydroxyl groups is 1. The minimum absolute atomic E-state index is 0. The third-order valence-corrected chi connectivity index (χ3v) is 4.28. The molecule has 0 aromatic heterocycles. The first-order valence-corrected chi connectivity index (χ1v) is 8.44. The Labute approximate surface area is 175 Å². The number of halogens is 3. The van der Waals surface area contributed by atoms with E-state index in [2.05, 4.69) is 15.6 Å². The summed E-state index contributed by atoms with van der Waals surface area (Å²) in [5, 5.41) is 17.3. The summed E-state index contributed by atoms with van der Waals surface area (Å²) >= 11 is 12.1. The van der Waals surface area contributed by atoms with E-state index < -0.39 is 0 Å². The molecule has 0 saturated heterocycles. The molecule has 0 radical (unpaired) electrons. The number of hydrogen-bond acceptors (Lipinski definition) is 2. The van der Waals surface area contributed by atoms with Crippen molar-refractivity contribution in [2.45, 2.75) is 12.5 Å². The molecule has 136 valence electrons. The van der Waals surface area contributed by atoms with Gasteiger partial charge in [-0.05, 0) is 23.3 Å². The topological polar surface area (TPSA) is 56.7 Å². The number of benzene rings is 2. The van der Waals surface area contributed by atoms with Crippen LogP contribution in [0.15, 0.2) is 53.5 Å². The quantitative estimate of drug-likeness (QED) is 0.323. The zero-order valence-corrected chi connectivity index (χ0v) is 17.7. The fraction of sp³-hybridized carbons (Fsp3) is 0.278. The molecule has 4 nitrogen and oxygen atoms in total. The van der Waals surface area contributed by atoms with Crippen molar-refractivity contribution >= 4 is 53.1 Å². The van der Waals surface area contributed by atoms with Crippen LogP contribution in [0.4, 0.5) is 0 Å². The largest absolute Gasteiger partial charge is 0.396 e. The summed E-state index contributed by atoms with van der Waals surface area (Å²) in [4.78, 5) is 4.19. The van der Waals surface area contributed by atoms with Gasteiger partial charge in [-0.25, -0.2) is 0 Å². The van der Waals surface area contributed by atoms with Crippen LogP contribution in [-0.4, -0.2) is 31.3 Å². The van der Waals surface area contributed by atoms with Gasteiger partial charge in [0.1, 0.15) is 0 Å². The minimum Gasteiger partial charge on any atom is -0.396 e. The number of aliphatic hydroxyl groups excluding tert-OH is 1. The SMILES string of the molecule is CN=C(NCc1ccc(Cl)cc1Cl)NCC(CO)c1ccccc1.I. The van der Waals surface area contributed by atoms with Crippen molar-refractivity contribution in [3.8, 4) is 0 Å². The van der Waals surface area contributed by atoms with Crippen LogP contribution in [0.25, 0.3) is 0 Å². The van der Waals surface area contributed by atoms with Gasteiger partial charge in [-0.1, -0.05) is 59.6 Å². The van der Waals surface area contributed by atoms with Gasteiger partial charge in [0, 0.05) is 36.1 Å². The van der Waals surface area contributed by atoms with Gasteiger partial charge in [0.25, 0.3) is 0 Å². The third-order valence-electron chi connectivity index (χ3n) is 3.69. The van der Waals surface area contributed by atoms with Crippen molar-refractivity contribution in [3.05, 3.63) is 69.7 Å². The van der Waals surface area contributed by atoms with E-state index in [1.54, 1.807) is 19.2 Å². The molecule has 0 aliphatic carbocycles. The summed E-state index contributed by atoms with van der Waals surface area (Å²) < 4.78 is 0. The third kappa shape index (κ3) is 7.01. The summed E-state index contributed by atoms with van der Waals surface area (Å²) in [6.45, 7) is 1.18. The minimum atomic E-state index is 0. The van der Waals surface area contributed by atoms with Crippen LogP contribution in [0.5, 0.6) is 0 Å². The van der Waals surface area contributed by atoms with Gasteiger partial charge in [-0.2, -0.15) is 0 Å². The van der Waals surface area contributed by atoms with Crippen LogP contribution in [0.3, 0.4) is 0 Å². The Balaban J connectivity index is 0.00000312. The molecule has 1 unspecified atom stereocenters. The van der Waals surface area contributed by atoms with E-state index in [1.165, 1.54) is 0 Å². The summed E-state index contributed by atoms with van der Waals surface area (Å²) in [6, 6.07) is 15.3. The Morgan fingerprint density at radius 3 is 2.44 bits per heavy atom. The summed E-state index contributed by atoms with van der Waals surface area (Å²) in [5.74, 6) is 0.652. The van der Waals surface area contributed by atoms with Gasteiger partial charge in [0.2, 0.25) is 0 Å². The maximum absolute atomic E-state index is 9.61. The molecule has 0 amide bonds. The Hall–Kier alpha value is -1.02. The number of hydrogen-bond donors (Lipinski definition) is 3. The number of rotatable bonds is 6. The summed E-state index contributed by atoms with van der Waals surface area (Å²) in [5.41, 5.74) is 2.02. The zero-order chi connectivity index (χ0) is 17.4. The van der Waals surface area contributed by atoms with Crippen LogP contribution in [-0.2, 0) is 6.54 Å². The van der Waals surface area contributed by atoms with E-state index in [1.807, 2.05) is 36.4 Å².